The van der Waals surface area contributed by atoms with Gasteiger partial charge < -0.3 is 0 Å². The van der Waals surface area contributed by atoms with E-state index in [0.29, 0.717) is 0 Å². The van der Waals surface area contributed by atoms with Crippen molar-refractivity contribution in [1.29, 1.82) is 0 Å². The van der Waals surface area contributed by atoms with Crippen LogP contribution >= 0.6 is 37.2 Å². The fraction of sp³-hybridized carbons (Fsp3) is 0. The number of hydrogen-bond donors (Lipinski definition) is 0. The first-order chi connectivity index (χ1) is 3.39. The van der Waals surface area contributed by atoms with Gasteiger partial charge in [-0.15, -0.1) is 37.2 Å². The normalized spacial score (nSPS) is 6.00. The van der Waals surface area contributed by atoms with Crippen LogP contribution in [0, 0.1) is 0 Å². The van der Waals surface area contributed by atoms with Crippen molar-refractivity contribution in [3.05, 3.63) is 30.3 Å². The summed E-state index contributed by atoms with van der Waals surface area (Å²) in [5.74, 6) is 0. The predicted molar refractivity (Wildman–Crippen MR) is 47.8 cm³/mol. The summed E-state index contributed by atoms with van der Waals surface area (Å²) in [6.07, 6.45) is 0. The first-order valence-electron chi connectivity index (χ1n) is 2.13. The van der Waals surface area contributed by atoms with E-state index in [2.05, 4.69) is 29.6 Å². The van der Waals surface area contributed by atoms with Gasteiger partial charge in [-0.1, -0.05) is 0 Å². The van der Waals surface area contributed by atoms with Crippen molar-refractivity contribution in [2.24, 2.45) is 0 Å². The second-order valence-electron chi connectivity index (χ2n) is 1.34. The zero-order chi connectivity index (χ0) is 5.11. The van der Waals surface area contributed by atoms with Gasteiger partial charge in [0.15, 0.2) is 0 Å². The van der Waals surface area contributed by atoms with Gasteiger partial charge in [-0.2, -0.15) is 0 Å². The Morgan fingerprint density at radius 1 is 0.800 bits per heavy atom. The van der Waals surface area contributed by atoms with E-state index in [-0.39, 0.29) is 37.2 Å². The average molecular weight is 237 g/mol. The second-order valence-corrected chi connectivity index (χ2v) is 2.14. The molecular formula is C6H8Cl3V. The summed E-state index contributed by atoms with van der Waals surface area (Å²) >= 11 is 2.49. The fourth-order valence-corrected chi connectivity index (χ4v) is 0.697. The van der Waals surface area contributed by atoms with E-state index < -0.39 is 0 Å². The summed E-state index contributed by atoms with van der Waals surface area (Å²) in [4.78, 5) is 0. The first kappa shape index (κ1) is 17.0. The van der Waals surface area contributed by atoms with Gasteiger partial charge in [-0.05, 0) is 0 Å². The quantitative estimate of drug-likeness (QED) is 0.648. The van der Waals surface area contributed by atoms with Crippen molar-refractivity contribution in [1.82, 2.24) is 0 Å². The Balaban J connectivity index is -0.000000163. The molecule has 0 atom stereocenters. The van der Waals surface area contributed by atoms with E-state index in [1.165, 1.54) is 4.28 Å². The Labute approximate surface area is 89.0 Å². The van der Waals surface area contributed by atoms with Gasteiger partial charge in [0.2, 0.25) is 0 Å². The third-order valence-electron chi connectivity index (χ3n) is 0.756. The van der Waals surface area contributed by atoms with E-state index in [9.17, 15) is 0 Å². The summed E-state index contributed by atoms with van der Waals surface area (Å²) in [6, 6.07) is 10.2. The molecule has 0 aliphatic rings. The molecule has 0 nitrogen and oxygen atoms in total. The van der Waals surface area contributed by atoms with Crippen LogP contribution in [-0.4, -0.2) is 0 Å². The molecule has 0 aliphatic carbocycles. The third-order valence-corrected chi connectivity index (χ3v) is 1.22. The molecule has 0 N–H and O–H groups in total. The number of hydrogen-bond acceptors (Lipinski definition) is 0. The van der Waals surface area contributed by atoms with Crippen LogP contribution in [0.4, 0.5) is 0 Å². The van der Waals surface area contributed by atoms with Crippen LogP contribution in [0.5, 0.6) is 0 Å². The van der Waals surface area contributed by atoms with Crippen LogP contribution in [0.25, 0.3) is 0 Å². The molecule has 0 heterocycles. The zero-order valence-electron chi connectivity index (χ0n) is 5.06. The Kier molecular flexibility index (Phi) is 16.4. The molecule has 1 aromatic rings. The summed E-state index contributed by atoms with van der Waals surface area (Å²) < 4.78 is 1.26. The van der Waals surface area contributed by atoms with Crippen LogP contribution in [0.15, 0.2) is 30.3 Å². The van der Waals surface area contributed by atoms with Gasteiger partial charge in [0, 0.05) is 0 Å². The molecule has 0 amide bonds. The van der Waals surface area contributed by atoms with Crippen LogP contribution in [0.1, 0.15) is 0 Å². The zero-order valence-corrected chi connectivity index (χ0v) is 8.90. The Morgan fingerprint density at radius 3 is 1.40 bits per heavy atom. The van der Waals surface area contributed by atoms with E-state index in [1.807, 2.05) is 18.2 Å². The fourth-order valence-electron chi connectivity index (χ4n) is 0.428. The number of benzene rings is 1. The topological polar surface area (TPSA) is 0 Å². The van der Waals surface area contributed by atoms with Gasteiger partial charge >= 0.3 is 52.0 Å². The van der Waals surface area contributed by atoms with E-state index in [4.69, 9.17) is 0 Å². The maximum absolute atomic E-state index is 2.49. The molecule has 0 aliphatic heterocycles. The molecule has 0 aromatic heterocycles. The van der Waals surface area contributed by atoms with Crippen molar-refractivity contribution in [3.63, 3.8) is 0 Å². The Morgan fingerprint density at radius 2 is 1.20 bits per heavy atom. The maximum atomic E-state index is 2.49. The molecular weight excluding hydrogens is 229 g/mol. The van der Waals surface area contributed by atoms with Crippen LogP contribution in [-0.2, 0) is 17.4 Å². The van der Waals surface area contributed by atoms with Gasteiger partial charge in [0.05, 0.1) is 0 Å². The van der Waals surface area contributed by atoms with Crippen molar-refractivity contribution < 1.29 is 17.4 Å². The second kappa shape index (κ2) is 9.67. The van der Waals surface area contributed by atoms with Crippen molar-refractivity contribution in [3.8, 4) is 0 Å². The minimum atomic E-state index is 0. The summed E-state index contributed by atoms with van der Waals surface area (Å²) in [6.45, 7) is 0. The van der Waals surface area contributed by atoms with Crippen LogP contribution in [0.2, 0.25) is 0 Å². The number of rotatable bonds is 0. The SMILES string of the molecule is Cl.Cl.Cl.[V][c]1ccccc1. The average Bonchev–Trinajstić information content (AvgIpc) is 1.69. The third kappa shape index (κ3) is 6.79. The molecule has 1 aromatic carbocycles. The standard InChI is InChI=1S/C6H5.3ClH.V/c1-2-4-6-5-3-1;;;;/h1-5H;3*1H;. The summed E-state index contributed by atoms with van der Waals surface area (Å²) in [5.41, 5.74) is 0. The van der Waals surface area contributed by atoms with Gasteiger partial charge in [-0.25, -0.2) is 0 Å². The van der Waals surface area contributed by atoms with Crippen molar-refractivity contribution in [2.75, 3.05) is 0 Å². The monoisotopic (exact) mass is 236 g/mol. The first-order valence-corrected chi connectivity index (χ1v) is 2.83. The van der Waals surface area contributed by atoms with E-state index in [1.54, 1.807) is 0 Å². The molecule has 0 bridgehead atoms. The van der Waals surface area contributed by atoms with E-state index >= 15 is 0 Å². The molecule has 0 unspecified atom stereocenters. The molecule has 10 heavy (non-hydrogen) atoms. The van der Waals surface area contributed by atoms with Crippen LogP contribution < -0.4 is 4.28 Å². The molecule has 58 valence electrons. The molecule has 0 saturated heterocycles. The molecule has 0 fully saturated rings. The molecule has 4 heteroatoms. The predicted octanol–water partition coefficient (Wildman–Crippen LogP) is 2.12. The summed E-state index contributed by atoms with van der Waals surface area (Å²) in [7, 11) is 0. The summed E-state index contributed by atoms with van der Waals surface area (Å²) in [5, 5.41) is 0. The van der Waals surface area contributed by atoms with Crippen molar-refractivity contribution in [2.45, 2.75) is 0 Å². The molecule has 0 saturated carbocycles. The Bertz CT molecular complexity index is 143. The van der Waals surface area contributed by atoms with Gasteiger partial charge in [-0.3, -0.25) is 0 Å². The number of halogens is 3. The van der Waals surface area contributed by atoms with E-state index in [0.717, 1.165) is 0 Å². The molecule has 0 radical (unpaired) electrons. The van der Waals surface area contributed by atoms with Crippen molar-refractivity contribution >= 4 is 41.5 Å². The molecule has 0 spiro atoms. The molecule has 1 rings (SSSR count). The van der Waals surface area contributed by atoms with Gasteiger partial charge in [0.1, 0.15) is 0 Å². The minimum absolute atomic E-state index is 0. The van der Waals surface area contributed by atoms with Gasteiger partial charge in [0.25, 0.3) is 0 Å². The Hall–Kier alpha value is 0.674. The van der Waals surface area contributed by atoms with Crippen LogP contribution in [0.3, 0.4) is 0 Å².